The molecule has 13 heteroatoms. The lowest BCUT2D eigenvalue weighted by Gasteiger charge is -2.39. The van der Waals surface area contributed by atoms with Crippen molar-refractivity contribution < 1.29 is 27.5 Å². The average Bonchev–Trinajstić information content (AvgIpc) is 3.34. The van der Waals surface area contributed by atoms with E-state index in [9.17, 15) is 32.3 Å². The van der Waals surface area contributed by atoms with Gasteiger partial charge in [-0.15, -0.1) is 0 Å². The second-order valence-corrected chi connectivity index (χ2v) is 12.9. The number of anilines is 2. The summed E-state index contributed by atoms with van der Waals surface area (Å²) in [7, 11) is -1.76. The van der Waals surface area contributed by atoms with Gasteiger partial charge in [-0.3, -0.25) is 9.59 Å². The second kappa shape index (κ2) is 10.0. The number of amides is 2. The highest BCUT2D eigenvalue weighted by Gasteiger charge is 2.40. The molecule has 11 nitrogen and oxygen atoms in total. The molecule has 4 aromatic rings. The first-order valence-corrected chi connectivity index (χ1v) is 15.3. The van der Waals surface area contributed by atoms with Gasteiger partial charge in [0.05, 0.1) is 11.4 Å². The number of aryl methyl sites for hydroxylation is 1. The fourth-order valence-corrected chi connectivity index (χ4v) is 6.70. The van der Waals surface area contributed by atoms with Crippen molar-refractivity contribution in [2.24, 2.45) is 7.05 Å². The molecule has 0 saturated carbocycles. The first kappa shape index (κ1) is 27.5. The number of hydrogen-bond acceptors (Lipinski definition) is 6. The average molecular weight is 594 g/mol. The lowest BCUT2D eigenvalue weighted by atomic mass is 9.98. The Balaban J connectivity index is 1.62. The molecular formula is C29H28FN5O6S. The Kier molecular flexibility index (Phi) is 6.56. The van der Waals surface area contributed by atoms with E-state index in [1.807, 2.05) is 0 Å². The van der Waals surface area contributed by atoms with Crippen LogP contribution in [0.5, 0.6) is 0 Å². The van der Waals surface area contributed by atoms with Crippen LogP contribution in [0.3, 0.4) is 0 Å². The maximum Gasteiger partial charge on any atom is 0.407 e. The van der Waals surface area contributed by atoms with Crippen molar-refractivity contribution >= 4 is 44.1 Å². The predicted octanol–water partition coefficient (Wildman–Crippen LogP) is 3.23. The zero-order valence-electron chi connectivity index (χ0n) is 22.9. The number of nitrogens with one attached hydrogen (secondary N) is 1. The van der Waals surface area contributed by atoms with E-state index in [1.165, 1.54) is 21.6 Å². The summed E-state index contributed by atoms with van der Waals surface area (Å²) in [5.74, 6) is -0.979. The quantitative estimate of drug-likeness (QED) is 0.371. The maximum atomic E-state index is 14.5. The molecule has 2 aromatic carbocycles. The summed E-state index contributed by atoms with van der Waals surface area (Å²) in [4.78, 5) is 46.9. The van der Waals surface area contributed by atoms with Gasteiger partial charge in [-0.2, -0.15) is 0 Å². The molecule has 2 aliphatic heterocycles. The molecular weight excluding hydrogens is 565 g/mol. The molecule has 0 bridgehead atoms. The second-order valence-electron chi connectivity index (χ2n) is 10.7. The molecule has 1 atom stereocenters. The Morgan fingerprint density at radius 2 is 1.69 bits per heavy atom. The molecule has 2 N–H and O–H groups in total. The number of fused-ring (bicyclic) bond motifs is 2. The molecule has 6 rings (SSSR count). The van der Waals surface area contributed by atoms with Gasteiger partial charge in [0.2, 0.25) is 0 Å². The topological polar surface area (TPSA) is 136 Å². The van der Waals surface area contributed by atoms with Crippen LogP contribution in [-0.2, 0) is 27.4 Å². The van der Waals surface area contributed by atoms with E-state index in [0.29, 0.717) is 44.5 Å². The Bertz CT molecular complexity index is 1910. The third-order valence-corrected chi connectivity index (χ3v) is 8.69. The van der Waals surface area contributed by atoms with Gasteiger partial charge in [0, 0.05) is 79.6 Å². The van der Waals surface area contributed by atoms with Crippen LogP contribution in [-0.4, -0.2) is 77.3 Å². The van der Waals surface area contributed by atoms with Crippen molar-refractivity contribution in [3.8, 4) is 11.1 Å². The molecule has 0 spiro atoms. The van der Waals surface area contributed by atoms with Gasteiger partial charge in [-0.05, 0) is 42.0 Å². The van der Waals surface area contributed by atoms with E-state index >= 15 is 0 Å². The van der Waals surface area contributed by atoms with Crippen LogP contribution in [0.1, 0.15) is 17.2 Å². The lowest BCUT2D eigenvalue weighted by Crippen LogP contribution is -2.52. The number of H-pyrrole nitrogens is 1. The zero-order valence-corrected chi connectivity index (χ0v) is 23.7. The fourth-order valence-electron chi connectivity index (χ4n) is 5.91. The van der Waals surface area contributed by atoms with E-state index in [1.54, 1.807) is 59.6 Å². The summed E-state index contributed by atoms with van der Waals surface area (Å²) in [6.07, 6.45) is 3.40. The highest BCUT2D eigenvalue weighted by atomic mass is 32.2. The normalized spacial score (nSPS) is 16.8. The smallest absolute Gasteiger partial charge is 0.407 e. The van der Waals surface area contributed by atoms with Gasteiger partial charge in [0.25, 0.3) is 11.5 Å². The minimum absolute atomic E-state index is 0.148. The summed E-state index contributed by atoms with van der Waals surface area (Å²) in [5, 5.41) is 9.94. The minimum Gasteiger partial charge on any atom is -0.465 e. The number of rotatable bonds is 4. The van der Waals surface area contributed by atoms with E-state index in [4.69, 9.17) is 0 Å². The largest absolute Gasteiger partial charge is 0.465 e. The number of halogens is 1. The molecule has 0 aliphatic carbocycles. The summed E-state index contributed by atoms with van der Waals surface area (Å²) < 4.78 is 39.9. The Hall–Kier alpha value is -4.65. The molecule has 2 amide bonds. The first-order valence-electron chi connectivity index (χ1n) is 13.3. The molecule has 218 valence electrons. The van der Waals surface area contributed by atoms with Gasteiger partial charge in [0.15, 0.2) is 9.84 Å². The summed E-state index contributed by atoms with van der Waals surface area (Å²) >= 11 is 0. The van der Waals surface area contributed by atoms with Crippen LogP contribution < -0.4 is 10.5 Å². The van der Waals surface area contributed by atoms with Gasteiger partial charge in [-0.1, -0.05) is 6.07 Å². The van der Waals surface area contributed by atoms with Crippen molar-refractivity contribution in [3.63, 3.8) is 0 Å². The van der Waals surface area contributed by atoms with Gasteiger partial charge < -0.3 is 29.4 Å². The zero-order chi connectivity index (χ0) is 29.9. The van der Waals surface area contributed by atoms with Gasteiger partial charge in [0.1, 0.15) is 17.4 Å². The van der Waals surface area contributed by atoms with Gasteiger partial charge >= 0.3 is 6.09 Å². The standard InChI is InChI=1S/C29H28FN5O6S/c1-32-15-22-20-13-17(16-42(2,40)41)3-8-23(20)35(19-6-4-18(30)5-7-19)26(21-14-31-25(24(21)22)27(32)36)28(37)33-9-11-34(12-10-33)29(38)39/h3-8,13-15,26,31H,9-12,16H2,1-2H3,(H,38,39). The van der Waals surface area contributed by atoms with Crippen LogP contribution in [0.15, 0.2) is 59.7 Å². The third kappa shape index (κ3) is 4.69. The number of aromatic amines is 1. The van der Waals surface area contributed by atoms with Crippen molar-refractivity contribution in [2.75, 3.05) is 37.3 Å². The first-order chi connectivity index (χ1) is 19.9. The number of piperazine rings is 1. The SMILES string of the molecule is Cn1cc2c3c(c[nH]c3c1=O)C(C(=O)N1CCN(C(=O)O)CC1)N(c1ccc(F)cc1)c1ccc(CS(C)(=O)=O)cc1-2. The molecule has 2 aromatic heterocycles. The van der Waals surface area contributed by atoms with E-state index in [-0.39, 0.29) is 43.4 Å². The summed E-state index contributed by atoms with van der Waals surface area (Å²) in [6.45, 7) is 0.650. The number of sulfone groups is 1. The number of aromatic nitrogens is 2. The van der Waals surface area contributed by atoms with Crippen molar-refractivity contribution in [1.82, 2.24) is 19.4 Å². The monoisotopic (exact) mass is 593 g/mol. The van der Waals surface area contributed by atoms with Crippen LogP contribution in [0, 0.1) is 5.82 Å². The molecule has 4 heterocycles. The fraction of sp³-hybridized carbons (Fsp3) is 0.276. The third-order valence-electron chi connectivity index (χ3n) is 7.83. The predicted molar refractivity (Wildman–Crippen MR) is 155 cm³/mol. The van der Waals surface area contributed by atoms with Gasteiger partial charge in [-0.25, -0.2) is 17.6 Å². The van der Waals surface area contributed by atoms with Crippen molar-refractivity contribution in [2.45, 2.75) is 11.8 Å². The Morgan fingerprint density at radius 1 is 1.02 bits per heavy atom. The lowest BCUT2D eigenvalue weighted by molar-refractivity contribution is -0.134. The molecule has 42 heavy (non-hydrogen) atoms. The van der Waals surface area contributed by atoms with Crippen molar-refractivity contribution in [3.05, 3.63) is 82.2 Å². The minimum atomic E-state index is -3.37. The van der Waals surface area contributed by atoms with Crippen molar-refractivity contribution in [1.29, 1.82) is 0 Å². The summed E-state index contributed by atoms with van der Waals surface area (Å²) in [6, 6.07) is 9.88. The number of carboxylic acid groups (broad SMARTS) is 1. The molecule has 2 aliphatic rings. The number of hydrogen-bond donors (Lipinski definition) is 2. The molecule has 1 saturated heterocycles. The van der Waals surface area contributed by atoms with Crippen LogP contribution in [0.4, 0.5) is 20.6 Å². The Morgan fingerprint density at radius 3 is 2.33 bits per heavy atom. The summed E-state index contributed by atoms with van der Waals surface area (Å²) in [5.41, 5.74) is 3.35. The molecule has 1 unspecified atom stereocenters. The number of carbonyl (C=O) groups excluding carboxylic acids is 1. The molecule has 0 radical (unpaired) electrons. The number of nitrogens with zero attached hydrogens (tertiary/aromatic N) is 4. The van der Waals surface area contributed by atoms with Crippen LogP contribution in [0.25, 0.3) is 22.0 Å². The van der Waals surface area contributed by atoms with E-state index < -0.39 is 27.8 Å². The molecule has 1 fully saturated rings. The number of benzene rings is 2. The maximum absolute atomic E-state index is 14.5. The van der Waals surface area contributed by atoms with E-state index in [2.05, 4.69) is 4.98 Å². The van der Waals surface area contributed by atoms with E-state index in [0.717, 1.165) is 6.26 Å². The van der Waals surface area contributed by atoms with Crippen LogP contribution >= 0.6 is 0 Å². The number of carbonyl (C=O) groups is 2. The van der Waals surface area contributed by atoms with Crippen LogP contribution in [0.2, 0.25) is 0 Å². The number of pyridine rings is 1. The Labute approximate surface area is 240 Å². The highest BCUT2D eigenvalue weighted by Crippen LogP contribution is 2.49. The highest BCUT2D eigenvalue weighted by molar-refractivity contribution is 7.89.